The van der Waals surface area contributed by atoms with Gasteiger partial charge in [0.05, 0.1) is 6.42 Å². The second-order valence-electron chi connectivity index (χ2n) is 6.10. The highest BCUT2D eigenvalue weighted by Gasteiger charge is 2.20. The Kier molecular flexibility index (Phi) is 4.20. The molecule has 3 nitrogen and oxygen atoms in total. The van der Waals surface area contributed by atoms with E-state index in [1.807, 2.05) is 47.2 Å². The van der Waals surface area contributed by atoms with E-state index in [-0.39, 0.29) is 24.8 Å². The van der Waals surface area contributed by atoms with Crippen molar-refractivity contribution in [1.29, 1.82) is 0 Å². The van der Waals surface area contributed by atoms with Crippen molar-refractivity contribution in [2.45, 2.75) is 12.8 Å². The lowest BCUT2D eigenvalue weighted by atomic mass is 10.0. The number of benzene rings is 2. The summed E-state index contributed by atoms with van der Waals surface area (Å²) in [5, 5.41) is 3.82. The van der Waals surface area contributed by atoms with Crippen molar-refractivity contribution >= 4 is 23.1 Å². The van der Waals surface area contributed by atoms with Crippen LogP contribution < -0.4 is 0 Å². The highest BCUT2D eigenvalue weighted by Crippen LogP contribution is 2.36. The van der Waals surface area contributed by atoms with E-state index in [0.29, 0.717) is 5.56 Å². The molecule has 1 heterocycles. The van der Waals surface area contributed by atoms with Crippen LogP contribution in [0, 0.1) is 0 Å². The average Bonchev–Trinajstić information content (AvgIpc) is 3.26. The van der Waals surface area contributed by atoms with Crippen molar-refractivity contribution < 1.29 is 14.3 Å². The fourth-order valence-electron chi connectivity index (χ4n) is 3.14. The Bertz CT molecular complexity index is 942. The number of fused-ring (bicyclic) bond motifs is 3. The van der Waals surface area contributed by atoms with Crippen molar-refractivity contribution in [3.63, 3.8) is 0 Å². The molecule has 0 amide bonds. The van der Waals surface area contributed by atoms with Crippen LogP contribution in [-0.4, -0.2) is 18.4 Å². The molecule has 0 bridgehead atoms. The van der Waals surface area contributed by atoms with Gasteiger partial charge in [-0.15, -0.1) is 0 Å². The molecule has 3 aromatic rings. The number of ether oxygens (including phenoxy) is 1. The van der Waals surface area contributed by atoms with Crippen molar-refractivity contribution in [3.05, 3.63) is 81.5 Å². The maximum Gasteiger partial charge on any atom is 0.310 e. The fourth-order valence-corrected chi connectivity index (χ4v) is 3.81. The molecule has 1 aliphatic rings. The van der Waals surface area contributed by atoms with E-state index in [1.54, 1.807) is 0 Å². The minimum absolute atomic E-state index is 0.175. The van der Waals surface area contributed by atoms with Gasteiger partial charge in [-0.05, 0) is 57.1 Å². The van der Waals surface area contributed by atoms with E-state index in [9.17, 15) is 9.59 Å². The van der Waals surface area contributed by atoms with E-state index in [0.717, 1.165) is 17.5 Å². The quantitative estimate of drug-likeness (QED) is 0.399. The van der Waals surface area contributed by atoms with Gasteiger partial charge in [-0.3, -0.25) is 9.59 Å². The van der Waals surface area contributed by atoms with Crippen molar-refractivity contribution in [2.24, 2.45) is 0 Å². The van der Waals surface area contributed by atoms with Gasteiger partial charge < -0.3 is 4.74 Å². The number of carbonyl (C=O) groups excluding carboxylic acids is 2. The van der Waals surface area contributed by atoms with Crippen LogP contribution in [0.25, 0.3) is 11.1 Å². The molecule has 0 fully saturated rings. The molecule has 0 N–H and O–H groups in total. The monoisotopic (exact) mass is 348 g/mol. The standard InChI is InChI=1S/C21H16O3S/c22-20(12-24-21(23)9-14-7-8-25-13-14)17-6-5-16-10-15-3-1-2-4-18(15)19(16)11-17/h1-8,11,13H,9-10,12H2. The summed E-state index contributed by atoms with van der Waals surface area (Å²) in [6.07, 6.45) is 1.10. The maximum absolute atomic E-state index is 12.4. The third-order valence-electron chi connectivity index (χ3n) is 4.41. The number of Topliss-reactive ketones (excluding diaryl/α,β-unsaturated/α-hetero) is 1. The van der Waals surface area contributed by atoms with Crippen molar-refractivity contribution in [1.82, 2.24) is 0 Å². The number of ketones is 1. The van der Waals surface area contributed by atoms with Gasteiger partial charge in [0.2, 0.25) is 0 Å². The van der Waals surface area contributed by atoms with Crippen LogP contribution in [0.1, 0.15) is 27.0 Å². The van der Waals surface area contributed by atoms with Gasteiger partial charge in [0.15, 0.2) is 12.4 Å². The van der Waals surface area contributed by atoms with Gasteiger partial charge in [-0.2, -0.15) is 11.3 Å². The van der Waals surface area contributed by atoms with Crippen LogP contribution in [0.15, 0.2) is 59.3 Å². The summed E-state index contributed by atoms with van der Waals surface area (Å²) >= 11 is 1.53. The molecule has 0 atom stereocenters. The number of hydrogen-bond donors (Lipinski definition) is 0. The third-order valence-corrected chi connectivity index (χ3v) is 5.15. The molecule has 2 aromatic carbocycles. The number of esters is 1. The fraction of sp³-hybridized carbons (Fsp3) is 0.143. The molecule has 0 aliphatic heterocycles. The molecule has 4 heteroatoms. The molecule has 25 heavy (non-hydrogen) atoms. The van der Waals surface area contributed by atoms with Crippen LogP contribution in [0.5, 0.6) is 0 Å². The number of hydrogen-bond acceptors (Lipinski definition) is 4. The highest BCUT2D eigenvalue weighted by molar-refractivity contribution is 7.08. The summed E-state index contributed by atoms with van der Waals surface area (Å²) in [6, 6.07) is 15.8. The first-order chi connectivity index (χ1) is 12.2. The largest absolute Gasteiger partial charge is 0.457 e. The predicted octanol–water partition coefficient (Wildman–Crippen LogP) is 4.29. The Morgan fingerprint density at radius 1 is 1.00 bits per heavy atom. The van der Waals surface area contributed by atoms with Crippen LogP contribution in [0.3, 0.4) is 0 Å². The zero-order chi connectivity index (χ0) is 17.2. The Morgan fingerprint density at radius 3 is 2.68 bits per heavy atom. The second kappa shape index (κ2) is 6.65. The molecule has 1 aromatic heterocycles. The lowest BCUT2D eigenvalue weighted by Crippen LogP contribution is -2.15. The first-order valence-corrected chi connectivity index (χ1v) is 9.06. The summed E-state index contributed by atoms with van der Waals surface area (Å²) in [7, 11) is 0. The molecule has 0 spiro atoms. The summed E-state index contributed by atoms with van der Waals surface area (Å²) < 4.78 is 5.14. The summed E-state index contributed by atoms with van der Waals surface area (Å²) in [6.45, 7) is -0.219. The zero-order valence-electron chi connectivity index (χ0n) is 13.5. The molecule has 0 unspecified atom stereocenters. The minimum atomic E-state index is -0.377. The molecular formula is C21H16O3S. The topological polar surface area (TPSA) is 43.4 Å². The van der Waals surface area contributed by atoms with Gasteiger partial charge in [0.25, 0.3) is 0 Å². The maximum atomic E-state index is 12.4. The van der Waals surface area contributed by atoms with Gasteiger partial charge >= 0.3 is 5.97 Å². The third kappa shape index (κ3) is 3.26. The van der Waals surface area contributed by atoms with E-state index in [4.69, 9.17) is 4.74 Å². The van der Waals surface area contributed by atoms with E-state index >= 15 is 0 Å². The minimum Gasteiger partial charge on any atom is -0.457 e. The Hall–Kier alpha value is -2.72. The lowest BCUT2D eigenvalue weighted by Gasteiger charge is -2.06. The molecule has 1 aliphatic carbocycles. The van der Waals surface area contributed by atoms with E-state index in [1.165, 1.54) is 28.0 Å². The van der Waals surface area contributed by atoms with Crippen LogP contribution in [0.2, 0.25) is 0 Å². The molecule has 4 rings (SSSR count). The Morgan fingerprint density at radius 2 is 1.84 bits per heavy atom. The number of thiophene rings is 1. The van der Waals surface area contributed by atoms with Crippen LogP contribution >= 0.6 is 11.3 Å². The number of rotatable bonds is 5. The predicted molar refractivity (Wildman–Crippen MR) is 98.0 cm³/mol. The van der Waals surface area contributed by atoms with Gasteiger partial charge in [-0.1, -0.05) is 36.4 Å². The zero-order valence-corrected chi connectivity index (χ0v) is 14.3. The van der Waals surface area contributed by atoms with E-state index in [2.05, 4.69) is 12.1 Å². The first kappa shape index (κ1) is 15.8. The Labute approximate surface area is 149 Å². The van der Waals surface area contributed by atoms with Gasteiger partial charge in [-0.25, -0.2) is 0 Å². The summed E-state index contributed by atoms with van der Waals surface area (Å²) in [4.78, 5) is 24.2. The van der Waals surface area contributed by atoms with Crippen molar-refractivity contribution in [3.8, 4) is 11.1 Å². The summed E-state index contributed by atoms with van der Waals surface area (Å²) in [5.41, 5.74) is 6.29. The van der Waals surface area contributed by atoms with E-state index < -0.39 is 0 Å². The Balaban J connectivity index is 1.44. The molecule has 0 radical (unpaired) electrons. The first-order valence-electron chi connectivity index (χ1n) is 8.12. The van der Waals surface area contributed by atoms with Crippen molar-refractivity contribution in [2.75, 3.05) is 6.61 Å². The smallest absolute Gasteiger partial charge is 0.310 e. The second-order valence-corrected chi connectivity index (χ2v) is 6.88. The molecule has 0 saturated heterocycles. The van der Waals surface area contributed by atoms with Crippen LogP contribution in [0.4, 0.5) is 0 Å². The normalized spacial score (nSPS) is 11.7. The highest BCUT2D eigenvalue weighted by atomic mass is 32.1. The van der Waals surface area contributed by atoms with Gasteiger partial charge in [0, 0.05) is 5.56 Å². The lowest BCUT2D eigenvalue weighted by molar-refractivity contribution is -0.141. The molecular weight excluding hydrogens is 332 g/mol. The SMILES string of the molecule is O=C(Cc1ccsc1)OCC(=O)c1ccc2c(c1)-c1ccccc1C2. The molecule has 0 saturated carbocycles. The molecule has 124 valence electrons. The van der Waals surface area contributed by atoms with Gasteiger partial charge in [0.1, 0.15) is 0 Å². The summed E-state index contributed by atoms with van der Waals surface area (Å²) in [5.74, 6) is -0.552. The van der Waals surface area contributed by atoms with Crippen LogP contribution in [-0.2, 0) is 22.4 Å². The average molecular weight is 348 g/mol. The number of carbonyl (C=O) groups is 2.